The number of carbonyl (C=O) groups excluding carboxylic acids is 2. The van der Waals surface area contributed by atoms with Crippen molar-refractivity contribution in [3.63, 3.8) is 0 Å². The molecule has 5 nitrogen and oxygen atoms in total. The standard InChI is InChI=1S/C9H16N2O3/c1-10(9(13)14-3)6-8(12)11(2)7-4-5-7/h7H,4-6H2,1-3H3. The minimum atomic E-state index is -0.484. The van der Waals surface area contributed by atoms with Crippen molar-refractivity contribution in [2.45, 2.75) is 18.9 Å². The number of carbonyl (C=O) groups is 2. The zero-order valence-corrected chi connectivity index (χ0v) is 8.82. The highest BCUT2D eigenvalue weighted by molar-refractivity contribution is 5.82. The zero-order valence-electron chi connectivity index (χ0n) is 8.82. The molecule has 1 saturated carbocycles. The van der Waals surface area contributed by atoms with Gasteiger partial charge in [-0.1, -0.05) is 0 Å². The lowest BCUT2D eigenvalue weighted by molar-refractivity contribution is -0.131. The fourth-order valence-corrected chi connectivity index (χ4v) is 1.20. The van der Waals surface area contributed by atoms with Gasteiger partial charge in [0.1, 0.15) is 6.54 Å². The maximum Gasteiger partial charge on any atom is 0.409 e. The second-order valence-corrected chi connectivity index (χ2v) is 3.56. The maximum atomic E-state index is 11.5. The van der Waals surface area contributed by atoms with E-state index in [9.17, 15) is 9.59 Å². The van der Waals surface area contributed by atoms with Crippen molar-refractivity contribution in [1.29, 1.82) is 0 Å². The molecular weight excluding hydrogens is 184 g/mol. The average molecular weight is 200 g/mol. The van der Waals surface area contributed by atoms with Crippen molar-refractivity contribution in [2.24, 2.45) is 0 Å². The minimum Gasteiger partial charge on any atom is -0.453 e. The van der Waals surface area contributed by atoms with Crippen LogP contribution in [0, 0.1) is 0 Å². The van der Waals surface area contributed by atoms with Gasteiger partial charge < -0.3 is 14.5 Å². The van der Waals surface area contributed by atoms with Gasteiger partial charge in [0.2, 0.25) is 5.91 Å². The van der Waals surface area contributed by atoms with Crippen molar-refractivity contribution in [1.82, 2.24) is 9.80 Å². The Morgan fingerprint density at radius 2 is 1.93 bits per heavy atom. The molecule has 1 rings (SSSR count). The molecule has 1 aliphatic rings. The molecule has 0 aromatic carbocycles. The van der Waals surface area contributed by atoms with Crippen molar-refractivity contribution in [2.75, 3.05) is 27.7 Å². The van der Waals surface area contributed by atoms with E-state index in [0.29, 0.717) is 6.04 Å². The first-order valence-corrected chi connectivity index (χ1v) is 4.61. The Balaban J connectivity index is 2.35. The Morgan fingerprint density at radius 3 is 2.36 bits per heavy atom. The summed E-state index contributed by atoms with van der Waals surface area (Å²) >= 11 is 0. The van der Waals surface area contributed by atoms with E-state index >= 15 is 0 Å². The lowest BCUT2D eigenvalue weighted by Crippen LogP contribution is -2.40. The van der Waals surface area contributed by atoms with Crippen LogP contribution in [0.25, 0.3) is 0 Å². The van der Waals surface area contributed by atoms with E-state index in [2.05, 4.69) is 4.74 Å². The molecule has 0 bridgehead atoms. The molecule has 2 amide bonds. The second-order valence-electron chi connectivity index (χ2n) is 3.56. The predicted molar refractivity (Wildman–Crippen MR) is 50.8 cm³/mol. The van der Waals surface area contributed by atoms with E-state index in [4.69, 9.17) is 0 Å². The summed E-state index contributed by atoms with van der Waals surface area (Å²) in [5.74, 6) is -0.0413. The SMILES string of the molecule is COC(=O)N(C)CC(=O)N(C)C1CC1. The van der Waals surface area contributed by atoms with Crippen LogP contribution in [0.15, 0.2) is 0 Å². The molecule has 0 spiro atoms. The highest BCUT2D eigenvalue weighted by Crippen LogP contribution is 2.25. The van der Waals surface area contributed by atoms with Crippen LogP contribution in [0.4, 0.5) is 4.79 Å². The van der Waals surface area contributed by atoms with Crippen LogP contribution < -0.4 is 0 Å². The van der Waals surface area contributed by atoms with Gasteiger partial charge in [0.15, 0.2) is 0 Å². The van der Waals surface area contributed by atoms with Gasteiger partial charge in [0.25, 0.3) is 0 Å². The van der Waals surface area contributed by atoms with E-state index in [0.717, 1.165) is 12.8 Å². The molecule has 0 aliphatic heterocycles. The van der Waals surface area contributed by atoms with Gasteiger partial charge >= 0.3 is 6.09 Å². The Morgan fingerprint density at radius 1 is 1.36 bits per heavy atom. The number of amides is 2. The number of hydrogen-bond donors (Lipinski definition) is 0. The topological polar surface area (TPSA) is 49.9 Å². The van der Waals surface area contributed by atoms with E-state index in [1.54, 1.807) is 19.0 Å². The first-order chi connectivity index (χ1) is 6.56. The molecule has 0 aromatic rings. The van der Waals surface area contributed by atoms with Crippen molar-refractivity contribution < 1.29 is 14.3 Å². The van der Waals surface area contributed by atoms with Gasteiger partial charge in [-0.3, -0.25) is 4.79 Å². The number of nitrogens with zero attached hydrogens (tertiary/aromatic N) is 2. The third-order valence-corrected chi connectivity index (χ3v) is 2.35. The quantitative estimate of drug-likeness (QED) is 0.658. The molecule has 1 aliphatic carbocycles. The normalized spacial score (nSPS) is 14.8. The van der Waals surface area contributed by atoms with Crippen LogP contribution in [-0.4, -0.2) is 55.6 Å². The van der Waals surface area contributed by atoms with Crippen molar-refractivity contribution in [3.05, 3.63) is 0 Å². The highest BCUT2D eigenvalue weighted by atomic mass is 16.5. The summed E-state index contributed by atoms with van der Waals surface area (Å²) < 4.78 is 4.48. The lowest BCUT2D eigenvalue weighted by Gasteiger charge is -2.20. The fraction of sp³-hybridized carbons (Fsp3) is 0.778. The van der Waals surface area contributed by atoms with Crippen LogP contribution in [0.1, 0.15) is 12.8 Å². The molecule has 80 valence electrons. The molecule has 0 atom stereocenters. The van der Waals surface area contributed by atoms with Gasteiger partial charge in [-0.15, -0.1) is 0 Å². The van der Waals surface area contributed by atoms with Gasteiger partial charge in [-0.25, -0.2) is 4.79 Å². The van der Waals surface area contributed by atoms with Gasteiger partial charge in [-0.2, -0.15) is 0 Å². The molecule has 0 unspecified atom stereocenters. The summed E-state index contributed by atoms with van der Waals surface area (Å²) in [6.45, 7) is 0.0830. The second kappa shape index (κ2) is 4.30. The van der Waals surface area contributed by atoms with Gasteiger partial charge in [0.05, 0.1) is 7.11 Å². The van der Waals surface area contributed by atoms with E-state index in [1.807, 2.05) is 0 Å². The minimum absolute atomic E-state index is 0.0413. The number of likely N-dealkylation sites (N-methyl/N-ethyl adjacent to an activating group) is 2. The third-order valence-electron chi connectivity index (χ3n) is 2.35. The van der Waals surface area contributed by atoms with Crippen LogP contribution in [0.3, 0.4) is 0 Å². The van der Waals surface area contributed by atoms with Crippen LogP contribution in [0.2, 0.25) is 0 Å². The van der Waals surface area contributed by atoms with Crippen LogP contribution in [0.5, 0.6) is 0 Å². The summed E-state index contributed by atoms with van der Waals surface area (Å²) in [5.41, 5.74) is 0. The predicted octanol–water partition coefficient (Wildman–Crippen LogP) is 0.305. The molecule has 14 heavy (non-hydrogen) atoms. The fourth-order valence-electron chi connectivity index (χ4n) is 1.20. The summed E-state index contributed by atoms with van der Waals surface area (Å²) in [5, 5.41) is 0. The number of methoxy groups -OCH3 is 1. The monoisotopic (exact) mass is 200 g/mol. The van der Waals surface area contributed by atoms with Crippen LogP contribution in [-0.2, 0) is 9.53 Å². The number of rotatable bonds is 3. The van der Waals surface area contributed by atoms with E-state index in [1.165, 1.54) is 12.0 Å². The molecule has 0 N–H and O–H groups in total. The molecule has 5 heteroatoms. The third kappa shape index (κ3) is 2.61. The highest BCUT2D eigenvalue weighted by Gasteiger charge is 2.30. The molecule has 0 radical (unpaired) electrons. The lowest BCUT2D eigenvalue weighted by atomic mass is 10.4. The molecule has 0 heterocycles. The summed E-state index contributed by atoms with van der Waals surface area (Å²) in [4.78, 5) is 25.5. The smallest absolute Gasteiger partial charge is 0.409 e. The average Bonchev–Trinajstić information content (AvgIpc) is 2.98. The molecule has 1 fully saturated rings. The number of ether oxygens (including phenoxy) is 1. The van der Waals surface area contributed by atoms with Gasteiger partial charge in [0, 0.05) is 20.1 Å². The largest absolute Gasteiger partial charge is 0.453 e. The summed E-state index contributed by atoms with van der Waals surface area (Å²) in [6, 6.07) is 0.383. The Kier molecular flexibility index (Phi) is 3.33. The maximum absolute atomic E-state index is 11.5. The van der Waals surface area contributed by atoms with E-state index in [-0.39, 0.29) is 12.5 Å². The number of hydrogen-bond acceptors (Lipinski definition) is 3. The Hall–Kier alpha value is -1.26. The molecule has 0 saturated heterocycles. The molecule has 0 aromatic heterocycles. The van der Waals surface area contributed by atoms with E-state index < -0.39 is 6.09 Å². The Labute approximate surface area is 83.6 Å². The van der Waals surface area contributed by atoms with Gasteiger partial charge in [-0.05, 0) is 12.8 Å². The van der Waals surface area contributed by atoms with Crippen molar-refractivity contribution in [3.8, 4) is 0 Å². The molecular formula is C9H16N2O3. The summed E-state index contributed by atoms with van der Waals surface area (Å²) in [6.07, 6.45) is 1.66. The summed E-state index contributed by atoms with van der Waals surface area (Å²) in [7, 11) is 4.61. The first-order valence-electron chi connectivity index (χ1n) is 4.61. The zero-order chi connectivity index (χ0) is 10.7. The van der Waals surface area contributed by atoms with Crippen LogP contribution >= 0.6 is 0 Å². The van der Waals surface area contributed by atoms with Crippen molar-refractivity contribution >= 4 is 12.0 Å². The Bertz CT molecular complexity index is 238. The first kappa shape index (κ1) is 10.8.